The van der Waals surface area contributed by atoms with Crippen LogP contribution in [0.4, 0.5) is 5.69 Å². The summed E-state index contributed by atoms with van der Waals surface area (Å²) in [6.45, 7) is 1.45. The first-order valence-corrected chi connectivity index (χ1v) is 12.8. The third-order valence-electron chi connectivity index (χ3n) is 6.77. The van der Waals surface area contributed by atoms with Crippen LogP contribution in [0.2, 0.25) is 0 Å². The van der Waals surface area contributed by atoms with Gasteiger partial charge in [-0.1, -0.05) is 60.7 Å². The predicted molar refractivity (Wildman–Crippen MR) is 143 cm³/mol. The monoisotopic (exact) mass is 513 g/mol. The molecule has 8 nitrogen and oxygen atoms in total. The maximum Gasteiger partial charge on any atom is 0.274 e. The highest BCUT2D eigenvalue weighted by Gasteiger charge is 2.35. The maximum atomic E-state index is 13.6. The molecule has 0 spiro atoms. The minimum atomic E-state index is -0.566. The van der Waals surface area contributed by atoms with E-state index in [4.69, 9.17) is 9.57 Å². The second-order valence-corrected chi connectivity index (χ2v) is 9.45. The molecule has 3 aromatic carbocycles. The molecule has 2 aliphatic rings. The van der Waals surface area contributed by atoms with Gasteiger partial charge in [0.1, 0.15) is 11.8 Å². The number of ether oxygens (including phenoxy) is 1. The van der Waals surface area contributed by atoms with Crippen LogP contribution in [0.5, 0.6) is 5.75 Å². The van der Waals surface area contributed by atoms with Crippen LogP contribution in [-0.2, 0) is 27.4 Å². The lowest BCUT2D eigenvalue weighted by atomic mass is 10.0. The number of anilines is 1. The van der Waals surface area contributed by atoms with E-state index in [1.165, 1.54) is 6.07 Å². The summed E-state index contributed by atoms with van der Waals surface area (Å²) < 4.78 is 5.75. The van der Waals surface area contributed by atoms with E-state index >= 15 is 0 Å². The number of phenols is 1. The molecule has 0 radical (unpaired) electrons. The van der Waals surface area contributed by atoms with E-state index < -0.39 is 11.9 Å². The Morgan fingerprint density at radius 1 is 1.00 bits per heavy atom. The Hall–Kier alpha value is -4.14. The minimum Gasteiger partial charge on any atom is -0.506 e. The summed E-state index contributed by atoms with van der Waals surface area (Å²) in [4.78, 5) is 35.0. The molecule has 1 saturated heterocycles. The first-order valence-electron chi connectivity index (χ1n) is 12.8. The number of rotatable bonds is 9. The molecular formula is C30H31N3O5. The molecule has 0 bridgehead atoms. The van der Waals surface area contributed by atoms with Crippen molar-refractivity contribution in [2.75, 3.05) is 18.1 Å². The van der Waals surface area contributed by atoms with Crippen LogP contribution in [0, 0.1) is 0 Å². The number of hydroxylamine groups is 1. The molecular weight excluding hydrogens is 482 g/mol. The lowest BCUT2D eigenvalue weighted by Gasteiger charge is -2.38. The number of phenolic OH excluding ortho intramolecular Hbond substituents is 1. The van der Waals surface area contributed by atoms with E-state index in [0.717, 1.165) is 30.6 Å². The summed E-state index contributed by atoms with van der Waals surface area (Å²) >= 11 is 0. The van der Waals surface area contributed by atoms with Gasteiger partial charge in [-0.05, 0) is 42.2 Å². The van der Waals surface area contributed by atoms with E-state index in [1.807, 2.05) is 66.9 Å². The normalized spacial score (nSPS) is 19.1. The number of carbonyl (C=O) groups is 2. The molecule has 2 atom stereocenters. The van der Waals surface area contributed by atoms with Gasteiger partial charge in [-0.3, -0.25) is 14.4 Å². The van der Waals surface area contributed by atoms with Gasteiger partial charge in [-0.2, -0.15) is 0 Å². The SMILES string of the molecule is O=C(NOCc1ccccc1)c1ccc(N2C=CN(CC3CCCO3)C(=O)[C@@H]2Cc2ccccc2)c(O)c1. The molecule has 2 aliphatic heterocycles. The molecule has 5 rings (SSSR count). The fourth-order valence-electron chi connectivity index (χ4n) is 4.77. The summed E-state index contributed by atoms with van der Waals surface area (Å²) in [6, 6.07) is 23.3. The molecule has 1 fully saturated rings. The molecule has 0 aliphatic carbocycles. The van der Waals surface area contributed by atoms with Crippen molar-refractivity contribution in [3.63, 3.8) is 0 Å². The molecule has 1 unspecified atom stereocenters. The third-order valence-corrected chi connectivity index (χ3v) is 6.77. The highest BCUT2D eigenvalue weighted by atomic mass is 16.6. The quantitative estimate of drug-likeness (QED) is 0.418. The smallest absolute Gasteiger partial charge is 0.274 e. The second kappa shape index (κ2) is 11.9. The summed E-state index contributed by atoms with van der Waals surface area (Å²) in [5.74, 6) is -0.650. The number of amides is 2. The summed E-state index contributed by atoms with van der Waals surface area (Å²) in [6.07, 6.45) is 5.97. The van der Waals surface area contributed by atoms with Gasteiger partial charge in [0.25, 0.3) is 5.91 Å². The van der Waals surface area contributed by atoms with Crippen LogP contribution in [0.3, 0.4) is 0 Å². The molecule has 2 N–H and O–H groups in total. The van der Waals surface area contributed by atoms with Crippen molar-refractivity contribution in [1.29, 1.82) is 0 Å². The van der Waals surface area contributed by atoms with Gasteiger partial charge in [0, 0.05) is 31.0 Å². The van der Waals surface area contributed by atoms with Crippen molar-refractivity contribution in [1.82, 2.24) is 10.4 Å². The Balaban J connectivity index is 1.32. The van der Waals surface area contributed by atoms with Crippen LogP contribution in [0.1, 0.15) is 34.3 Å². The van der Waals surface area contributed by atoms with Crippen molar-refractivity contribution in [2.45, 2.75) is 38.0 Å². The van der Waals surface area contributed by atoms with Crippen molar-refractivity contribution in [3.05, 3.63) is 108 Å². The highest BCUT2D eigenvalue weighted by molar-refractivity contribution is 5.95. The Bertz CT molecular complexity index is 1280. The summed E-state index contributed by atoms with van der Waals surface area (Å²) in [5, 5.41) is 10.9. The second-order valence-electron chi connectivity index (χ2n) is 9.45. The lowest BCUT2D eigenvalue weighted by molar-refractivity contribution is -0.131. The van der Waals surface area contributed by atoms with Gasteiger partial charge in [0.2, 0.25) is 5.91 Å². The van der Waals surface area contributed by atoms with E-state index in [1.54, 1.807) is 28.1 Å². The topological polar surface area (TPSA) is 91.3 Å². The van der Waals surface area contributed by atoms with E-state index in [-0.39, 0.29) is 29.9 Å². The van der Waals surface area contributed by atoms with Gasteiger partial charge in [-0.15, -0.1) is 0 Å². The first kappa shape index (κ1) is 25.5. The number of nitrogens with zero attached hydrogens (tertiary/aromatic N) is 2. The molecule has 2 heterocycles. The van der Waals surface area contributed by atoms with Gasteiger partial charge in [-0.25, -0.2) is 5.48 Å². The van der Waals surface area contributed by atoms with Gasteiger partial charge >= 0.3 is 0 Å². The summed E-state index contributed by atoms with van der Waals surface area (Å²) in [7, 11) is 0. The number of hydrogen-bond acceptors (Lipinski definition) is 6. The Labute approximate surface area is 222 Å². The van der Waals surface area contributed by atoms with Crippen LogP contribution < -0.4 is 10.4 Å². The number of aromatic hydroxyl groups is 1. The van der Waals surface area contributed by atoms with Gasteiger partial charge in [0.15, 0.2) is 0 Å². The zero-order valence-electron chi connectivity index (χ0n) is 21.0. The number of benzene rings is 3. The van der Waals surface area contributed by atoms with Gasteiger partial charge in [0.05, 0.1) is 24.9 Å². The average molecular weight is 514 g/mol. The van der Waals surface area contributed by atoms with Crippen LogP contribution in [-0.4, -0.2) is 47.1 Å². The fraction of sp³-hybridized carbons (Fsp3) is 0.267. The van der Waals surface area contributed by atoms with Crippen LogP contribution in [0.25, 0.3) is 0 Å². The Morgan fingerprint density at radius 2 is 1.74 bits per heavy atom. The summed E-state index contributed by atoms with van der Waals surface area (Å²) in [5.41, 5.74) is 5.02. The minimum absolute atomic E-state index is 0.0304. The Kier molecular flexibility index (Phi) is 8.01. The molecule has 0 aromatic heterocycles. The van der Waals surface area contributed by atoms with Crippen LogP contribution in [0.15, 0.2) is 91.3 Å². The standard InChI is InChI=1S/C30H31N3O5/c34-28-19-24(29(35)31-38-21-23-10-5-2-6-11-23)13-14-26(28)33-16-15-32(20-25-12-7-17-37-25)30(36)27(33)18-22-8-3-1-4-9-22/h1-6,8-11,13-16,19,25,27,34H,7,12,17-18,20-21H2,(H,31,35)/t25?,27-/m0/s1. The molecule has 38 heavy (non-hydrogen) atoms. The third kappa shape index (κ3) is 6.04. The number of carbonyl (C=O) groups excluding carboxylic acids is 2. The zero-order chi connectivity index (χ0) is 26.3. The van der Waals surface area contributed by atoms with E-state index in [9.17, 15) is 14.7 Å². The molecule has 2 amide bonds. The lowest BCUT2D eigenvalue weighted by Crippen LogP contribution is -2.51. The zero-order valence-corrected chi connectivity index (χ0v) is 21.0. The largest absolute Gasteiger partial charge is 0.506 e. The molecule has 196 valence electrons. The van der Waals surface area contributed by atoms with Gasteiger partial charge < -0.3 is 19.6 Å². The maximum absolute atomic E-state index is 13.6. The number of hydrogen-bond donors (Lipinski definition) is 2. The van der Waals surface area contributed by atoms with Crippen molar-refractivity contribution >= 4 is 17.5 Å². The van der Waals surface area contributed by atoms with Crippen molar-refractivity contribution < 1.29 is 24.3 Å². The Morgan fingerprint density at radius 3 is 2.42 bits per heavy atom. The van der Waals surface area contributed by atoms with E-state index in [2.05, 4.69) is 5.48 Å². The first-order chi connectivity index (χ1) is 18.6. The molecule has 3 aromatic rings. The van der Waals surface area contributed by atoms with Crippen LogP contribution >= 0.6 is 0 Å². The average Bonchev–Trinajstić information content (AvgIpc) is 3.46. The molecule has 8 heteroatoms. The predicted octanol–water partition coefficient (Wildman–Crippen LogP) is 4.16. The van der Waals surface area contributed by atoms with Crippen molar-refractivity contribution in [2.24, 2.45) is 0 Å². The number of nitrogens with one attached hydrogen (secondary N) is 1. The highest BCUT2D eigenvalue weighted by Crippen LogP contribution is 2.33. The van der Waals surface area contributed by atoms with E-state index in [0.29, 0.717) is 18.7 Å². The fourth-order valence-corrected chi connectivity index (χ4v) is 4.77. The van der Waals surface area contributed by atoms with Crippen molar-refractivity contribution in [3.8, 4) is 5.75 Å². The molecule has 0 saturated carbocycles.